The molecule has 2 aliphatic heterocycles. The van der Waals surface area contributed by atoms with E-state index in [-0.39, 0.29) is 45.5 Å². The van der Waals surface area contributed by atoms with Gasteiger partial charge in [-0.2, -0.15) is 0 Å². The Kier molecular flexibility index (Phi) is 20.6. The zero-order valence-electron chi connectivity index (χ0n) is 45.1. The molecule has 408 valence electrons. The van der Waals surface area contributed by atoms with Gasteiger partial charge in [-0.1, -0.05) is 191 Å². The highest BCUT2D eigenvalue weighted by Gasteiger charge is 2.56. The van der Waals surface area contributed by atoms with Gasteiger partial charge in [0.1, 0.15) is 54.5 Å². The van der Waals surface area contributed by atoms with Crippen molar-refractivity contribution in [3.63, 3.8) is 0 Å². The van der Waals surface area contributed by atoms with Crippen LogP contribution in [0, 0.1) is 0 Å². The van der Waals surface area contributed by atoms with Crippen molar-refractivity contribution in [2.75, 3.05) is 20.3 Å². The van der Waals surface area contributed by atoms with Crippen molar-refractivity contribution in [3.05, 3.63) is 211 Å². The number of carbonyl (C=O) groups is 1. The maximum absolute atomic E-state index is 13.7. The van der Waals surface area contributed by atoms with Crippen LogP contribution in [0.4, 0.5) is 0 Å². The number of amides is 1. The number of aliphatic hydroxyl groups is 1. The van der Waals surface area contributed by atoms with Crippen molar-refractivity contribution < 1.29 is 57.0 Å². The molecular weight excluding hydrogens is 991 g/mol. The summed E-state index contributed by atoms with van der Waals surface area (Å²) in [5.74, 6) is 0.351. The number of carbonyl (C=O) groups excluding carboxylic acids is 1. The van der Waals surface area contributed by atoms with Gasteiger partial charge in [-0.3, -0.25) is 4.79 Å². The number of methoxy groups -OCH3 is 1. The summed E-state index contributed by atoms with van der Waals surface area (Å²) in [7, 11) is -1.59. The zero-order valence-corrected chi connectivity index (χ0v) is 46.1. The smallest absolute Gasteiger partial charge is 0.261 e. The molecule has 8 rings (SSSR count). The van der Waals surface area contributed by atoms with Gasteiger partial charge in [0.15, 0.2) is 12.6 Å². The minimum Gasteiger partial charge on any atom is -0.497 e. The largest absolute Gasteiger partial charge is 0.497 e. The quantitative estimate of drug-likeness (QED) is 0.0418. The van der Waals surface area contributed by atoms with E-state index in [2.05, 4.69) is 56.9 Å². The van der Waals surface area contributed by atoms with Crippen LogP contribution >= 0.6 is 0 Å². The van der Waals surface area contributed by atoms with Crippen LogP contribution < -0.4 is 20.4 Å². The topological polar surface area (TPSA) is 142 Å². The third-order valence-electron chi connectivity index (χ3n) is 14.0. The summed E-state index contributed by atoms with van der Waals surface area (Å²) in [6, 6.07) is 56.8. The van der Waals surface area contributed by atoms with Crippen LogP contribution in [0.5, 0.6) is 5.75 Å². The molecule has 0 saturated carbocycles. The number of hydrogen-bond acceptors (Lipinski definition) is 12. The fourth-order valence-electron chi connectivity index (χ4n) is 10.1. The lowest BCUT2D eigenvalue weighted by atomic mass is 9.94. The maximum atomic E-state index is 13.7. The van der Waals surface area contributed by atoms with Crippen LogP contribution in [-0.4, -0.2) is 107 Å². The Morgan fingerprint density at radius 3 is 1.57 bits per heavy atom. The highest BCUT2D eigenvalue weighted by atomic mass is 28.4. The summed E-state index contributed by atoms with van der Waals surface area (Å²) in [4.78, 5) is 13.7. The van der Waals surface area contributed by atoms with Gasteiger partial charge < -0.3 is 57.5 Å². The monoisotopic (exact) mass is 1070 g/mol. The lowest BCUT2D eigenvalue weighted by Crippen LogP contribution is -2.70. The van der Waals surface area contributed by atoms with Crippen molar-refractivity contribution in [2.24, 2.45) is 0 Å². The van der Waals surface area contributed by atoms with Gasteiger partial charge in [0, 0.05) is 6.92 Å². The van der Waals surface area contributed by atoms with E-state index in [1.807, 2.05) is 159 Å². The molecule has 2 heterocycles. The molecule has 0 bridgehead atoms. The van der Waals surface area contributed by atoms with Crippen LogP contribution in [0.25, 0.3) is 0 Å². The molecule has 0 radical (unpaired) electrons. The molecule has 0 aliphatic carbocycles. The number of ether oxygens (including phenoxy) is 9. The second-order valence-corrected chi connectivity index (χ2v) is 24.9. The van der Waals surface area contributed by atoms with Crippen molar-refractivity contribution >= 4 is 24.6 Å². The molecule has 77 heavy (non-hydrogen) atoms. The summed E-state index contributed by atoms with van der Waals surface area (Å²) >= 11 is 0. The lowest BCUT2D eigenvalue weighted by Gasteiger charge is -2.51. The molecule has 11 atom stereocenters. The third kappa shape index (κ3) is 14.8. The van der Waals surface area contributed by atoms with E-state index in [0.29, 0.717) is 5.75 Å². The van der Waals surface area contributed by atoms with Crippen LogP contribution in [-0.2, 0) is 73.5 Å². The Balaban J connectivity index is 1.24. The summed E-state index contributed by atoms with van der Waals surface area (Å²) in [5, 5.41) is 17.4. The molecule has 2 N–H and O–H groups in total. The average Bonchev–Trinajstić information content (AvgIpc) is 3.47. The summed E-state index contributed by atoms with van der Waals surface area (Å²) < 4.78 is 68.1. The Hall–Kier alpha value is -5.85. The van der Waals surface area contributed by atoms with Gasteiger partial charge in [0.25, 0.3) is 8.32 Å². The molecule has 0 spiro atoms. The molecular formula is C63H75NO12Si. The zero-order chi connectivity index (χ0) is 54.2. The van der Waals surface area contributed by atoms with Crippen LogP contribution in [0.3, 0.4) is 0 Å². The number of nitrogens with one attached hydrogen (secondary N) is 1. The van der Waals surface area contributed by atoms with E-state index >= 15 is 0 Å². The first kappa shape index (κ1) is 57.3. The number of hydrogen-bond donors (Lipinski definition) is 2. The molecule has 13 nitrogen and oxygen atoms in total. The molecule has 2 aliphatic rings. The lowest BCUT2D eigenvalue weighted by molar-refractivity contribution is -0.358. The predicted molar refractivity (Wildman–Crippen MR) is 298 cm³/mol. The normalized spacial score (nSPS) is 24.1. The van der Waals surface area contributed by atoms with E-state index in [1.165, 1.54) is 6.92 Å². The van der Waals surface area contributed by atoms with Crippen molar-refractivity contribution in [2.45, 2.75) is 134 Å². The Labute approximate surface area is 455 Å². The molecule has 2 saturated heterocycles. The standard InChI is InChI=1S/C63H75NO12Si/c1-8-44(2)73-62-56(66)60(71-40-48-28-18-11-19-29-48)58(53(75-62)42-68-38-46-24-14-9-15-25-46)76-61-55(64-45(3)65)59(70-39-47-26-16-10-17-27-47)57(69-41-49-34-36-50(67-7)37-35-49)54(74-61)43-72-77(63(4,5)6,51-30-20-12-21-31-51)52-32-22-13-23-33-52/h8-37,44,53-62,66H,1,38-43H2,2-7H3,(H,64,65)/t44?,53-,54-,55-,56-,57-,58-,59-,60-,61-,62-/m1/s1. The van der Waals surface area contributed by atoms with Crippen LogP contribution in [0.1, 0.15) is 56.9 Å². The highest BCUT2D eigenvalue weighted by Crippen LogP contribution is 2.39. The number of aliphatic hydroxyl groups excluding tert-OH is 1. The Bertz CT molecular complexity index is 2640. The van der Waals surface area contributed by atoms with Crippen molar-refractivity contribution in [3.8, 4) is 5.75 Å². The van der Waals surface area contributed by atoms with Gasteiger partial charge in [0.05, 0.1) is 52.9 Å². The predicted octanol–water partition coefficient (Wildman–Crippen LogP) is 8.84. The first-order chi connectivity index (χ1) is 37.4. The summed E-state index contributed by atoms with van der Waals surface area (Å²) in [5.41, 5.74) is 3.60. The molecule has 1 amide bonds. The first-order valence-corrected chi connectivity index (χ1v) is 28.4. The molecule has 14 heteroatoms. The molecule has 6 aromatic rings. The Morgan fingerprint density at radius 1 is 0.623 bits per heavy atom. The fraction of sp³-hybridized carbons (Fsp3) is 0.381. The van der Waals surface area contributed by atoms with Crippen LogP contribution in [0.15, 0.2) is 189 Å². The second kappa shape index (κ2) is 27.6. The molecule has 6 aromatic carbocycles. The molecule has 0 aromatic heterocycles. The van der Waals surface area contributed by atoms with Gasteiger partial charge in [-0.25, -0.2) is 0 Å². The summed E-state index contributed by atoms with van der Waals surface area (Å²) in [6.07, 6.45) is -8.44. The average molecular weight is 1070 g/mol. The fourth-order valence-corrected chi connectivity index (χ4v) is 14.7. The Morgan fingerprint density at radius 2 is 1.08 bits per heavy atom. The second-order valence-electron chi connectivity index (χ2n) is 20.6. The van der Waals surface area contributed by atoms with E-state index in [1.54, 1.807) is 13.2 Å². The van der Waals surface area contributed by atoms with Crippen LogP contribution in [0.2, 0.25) is 5.04 Å². The third-order valence-corrected chi connectivity index (χ3v) is 19.1. The first-order valence-electron chi connectivity index (χ1n) is 26.5. The van der Waals surface area contributed by atoms with Gasteiger partial charge in [-0.15, -0.1) is 6.58 Å². The maximum Gasteiger partial charge on any atom is 0.261 e. The van der Waals surface area contributed by atoms with Crippen molar-refractivity contribution in [1.29, 1.82) is 0 Å². The minimum atomic E-state index is -3.21. The number of rotatable bonds is 25. The van der Waals surface area contributed by atoms with E-state index < -0.39 is 80.8 Å². The summed E-state index contributed by atoms with van der Waals surface area (Å²) in [6.45, 7) is 14.5. The van der Waals surface area contributed by atoms with E-state index in [9.17, 15) is 9.90 Å². The van der Waals surface area contributed by atoms with Gasteiger partial charge >= 0.3 is 0 Å². The van der Waals surface area contributed by atoms with Gasteiger partial charge in [-0.05, 0) is 56.7 Å². The SMILES string of the molecule is C=CC(C)O[C@@H]1O[C@H](COCc2ccccc2)[C@@H](O[C@H]2O[C@H](CO[Si](c3ccccc3)(c3ccccc3)C(C)(C)C)[C@@H](OCc3ccc(OC)cc3)[C@H](OCc3ccccc3)[C@H]2NC(C)=O)[C@H](OCc2ccccc2)[C@H]1O. The van der Waals surface area contributed by atoms with E-state index in [4.69, 9.17) is 47.1 Å². The highest BCUT2D eigenvalue weighted by molar-refractivity contribution is 6.99. The van der Waals surface area contributed by atoms with Crippen molar-refractivity contribution in [1.82, 2.24) is 5.32 Å². The van der Waals surface area contributed by atoms with E-state index in [0.717, 1.165) is 32.6 Å². The molecule has 1 unspecified atom stereocenters. The number of benzene rings is 6. The minimum absolute atomic E-state index is 0.000736. The molecule has 2 fully saturated rings. The van der Waals surface area contributed by atoms with Gasteiger partial charge in [0.2, 0.25) is 5.91 Å².